The second-order valence-corrected chi connectivity index (χ2v) is 7.37. The van der Waals surface area contributed by atoms with Crippen LogP contribution in [0.4, 0.5) is 13.2 Å². The summed E-state index contributed by atoms with van der Waals surface area (Å²) in [5.41, 5.74) is -0.858. The Balaban J connectivity index is 1.63. The first-order chi connectivity index (χ1) is 13.3. The molecule has 3 heterocycles. The number of amides is 1. The number of aryl methyl sites for hydroxylation is 1. The third-order valence-corrected chi connectivity index (χ3v) is 5.42. The minimum Gasteiger partial charge on any atom is -0.341 e. The lowest BCUT2D eigenvalue weighted by molar-refractivity contribution is -0.137. The van der Waals surface area contributed by atoms with Crippen LogP contribution in [0.25, 0.3) is 0 Å². The minimum absolute atomic E-state index is 0.0563. The van der Waals surface area contributed by atoms with Crippen molar-refractivity contribution in [2.24, 2.45) is 0 Å². The van der Waals surface area contributed by atoms with Gasteiger partial charge in [0.05, 0.1) is 12.1 Å². The molecule has 28 heavy (non-hydrogen) atoms. The molecule has 6 nitrogen and oxygen atoms in total. The summed E-state index contributed by atoms with van der Waals surface area (Å²) in [7, 11) is 0. The zero-order valence-corrected chi connectivity index (χ0v) is 15.3. The summed E-state index contributed by atoms with van der Waals surface area (Å²) in [5.74, 6) is 0.472. The Morgan fingerprint density at radius 2 is 1.93 bits per heavy atom. The third kappa shape index (κ3) is 3.45. The van der Waals surface area contributed by atoms with Crippen molar-refractivity contribution in [3.63, 3.8) is 0 Å². The van der Waals surface area contributed by atoms with Crippen LogP contribution in [0.5, 0.6) is 0 Å². The van der Waals surface area contributed by atoms with Crippen LogP contribution in [-0.4, -0.2) is 38.2 Å². The van der Waals surface area contributed by atoms with Crippen molar-refractivity contribution in [2.75, 3.05) is 13.1 Å². The summed E-state index contributed by atoms with van der Waals surface area (Å²) in [5, 5.41) is 4.31. The van der Waals surface area contributed by atoms with Crippen LogP contribution in [-0.2, 0) is 23.9 Å². The second-order valence-electron chi connectivity index (χ2n) is 7.37. The number of carbonyl (C=O) groups is 1. The van der Waals surface area contributed by atoms with Crippen molar-refractivity contribution in [2.45, 2.75) is 50.9 Å². The molecular formula is C19H21F3N4O2. The summed E-state index contributed by atoms with van der Waals surface area (Å²) in [6.07, 6.45) is -0.595. The molecule has 2 aromatic rings. The smallest absolute Gasteiger partial charge is 0.341 e. The van der Waals surface area contributed by atoms with E-state index in [-0.39, 0.29) is 12.5 Å². The maximum Gasteiger partial charge on any atom is 0.416 e. The highest BCUT2D eigenvalue weighted by molar-refractivity contribution is 5.80. The second kappa shape index (κ2) is 7.10. The number of hydrogen-bond donors (Lipinski definition) is 0. The monoisotopic (exact) mass is 394 g/mol. The first-order valence-corrected chi connectivity index (χ1v) is 9.48. The van der Waals surface area contributed by atoms with E-state index in [4.69, 9.17) is 0 Å². The molecule has 9 heteroatoms. The van der Waals surface area contributed by atoms with Crippen molar-refractivity contribution in [3.05, 3.63) is 51.7 Å². The highest BCUT2D eigenvalue weighted by Crippen LogP contribution is 2.30. The zero-order valence-electron chi connectivity index (χ0n) is 15.3. The fourth-order valence-electron chi connectivity index (χ4n) is 4.04. The third-order valence-electron chi connectivity index (χ3n) is 5.42. The molecule has 1 aromatic heterocycles. The van der Waals surface area contributed by atoms with Crippen LogP contribution in [0.3, 0.4) is 0 Å². The van der Waals surface area contributed by atoms with Crippen molar-refractivity contribution >= 4 is 5.91 Å². The van der Waals surface area contributed by atoms with E-state index in [9.17, 15) is 22.8 Å². The maximum absolute atomic E-state index is 12.9. The molecule has 1 unspecified atom stereocenters. The van der Waals surface area contributed by atoms with E-state index in [1.54, 1.807) is 4.90 Å². The molecule has 0 aliphatic carbocycles. The average molecular weight is 394 g/mol. The van der Waals surface area contributed by atoms with E-state index in [0.29, 0.717) is 37.3 Å². The Kier molecular flexibility index (Phi) is 4.76. The number of likely N-dealkylation sites (tertiary alicyclic amines) is 1. The highest BCUT2D eigenvalue weighted by atomic mass is 19.4. The van der Waals surface area contributed by atoms with Gasteiger partial charge in [-0.25, -0.2) is 9.48 Å². The van der Waals surface area contributed by atoms with Gasteiger partial charge in [-0.15, -0.1) is 0 Å². The lowest BCUT2D eigenvalue weighted by Gasteiger charge is -2.27. The van der Waals surface area contributed by atoms with Crippen LogP contribution in [0.1, 0.15) is 48.7 Å². The fraction of sp³-hybridized carbons (Fsp3) is 0.526. The molecule has 2 aliphatic rings. The first kappa shape index (κ1) is 18.8. The van der Waals surface area contributed by atoms with Gasteiger partial charge in [-0.1, -0.05) is 12.1 Å². The first-order valence-electron chi connectivity index (χ1n) is 9.48. The SMILES string of the molecule is O=C(C1CCCc2nn(Cc3cccc(C(F)(F)F)c3)c(=O)n21)N1CCCC1. The van der Waals surface area contributed by atoms with Gasteiger partial charge in [0.1, 0.15) is 11.9 Å². The molecule has 2 aliphatic heterocycles. The molecule has 0 N–H and O–H groups in total. The van der Waals surface area contributed by atoms with Crippen molar-refractivity contribution in [1.82, 2.24) is 19.2 Å². The molecule has 0 bridgehead atoms. The van der Waals surface area contributed by atoms with Gasteiger partial charge >= 0.3 is 11.9 Å². The van der Waals surface area contributed by atoms with E-state index < -0.39 is 23.5 Å². The molecule has 0 saturated carbocycles. The number of carbonyl (C=O) groups excluding carboxylic acids is 1. The Labute approximate surface area is 159 Å². The highest BCUT2D eigenvalue weighted by Gasteiger charge is 2.34. The van der Waals surface area contributed by atoms with Gasteiger partial charge in [0, 0.05) is 19.5 Å². The Morgan fingerprint density at radius 3 is 2.64 bits per heavy atom. The van der Waals surface area contributed by atoms with Gasteiger partial charge in [-0.3, -0.25) is 9.36 Å². The zero-order chi connectivity index (χ0) is 19.9. The van der Waals surface area contributed by atoms with Crippen molar-refractivity contribution < 1.29 is 18.0 Å². The van der Waals surface area contributed by atoms with Gasteiger partial charge in [0.15, 0.2) is 0 Å². The van der Waals surface area contributed by atoms with Crippen molar-refractivity contribution in [3.8, 4) is 0 Å². The summed E-state index contributed by atoms with van der Waals surface area (Å²) in [4.78, 5) is 27.5. The number of aromatic nitrogens is 3. The number of nitrogens with zero attached hydrogens (tertiary/aromatic N) is 4. The van der Waals surface area contributed by atoms with Gasteiger partial charge in [-0.2, -0.15) is 18.3 Å². The standard InChI is InChI=1S/C19H21F3N4O2/c20-19(21,22)14-6-3-5-13(11-14)12-25-18(28)26-15(7-4-8-16(26)23-25)17(27)24-9-1-2-10-24/h3,5-6,11,15H,1-2,4,7-10,12H2. The average Bonchev–Trinajstić information content (AvgIpc) is 3.30. The molecule has 1 aromatic carbocycles. The van der Waals surface area contributed by atoms with E-state index in [0.717, 1.165) is 31.4 Å². The van der Waals surface area contributed by atoms with E-state index in [2.05, 4.69) is 5.10 Å². The van der Waals surface area contributed by atoms with Gasteiger partial charge in [0.25, 0.3) is 0 Å². The molecule has 150 valence electrons. The van der Waals surface area contributed by atoms with Gasteiger partial charge < -0.3 is 4.90 Å². The number of alkyl halides is 3. The number of hydrogen-bond acceptors (Lipinski definition) is 3. The Morgan fingerprint density at radius 1 is 1.18 bits per heavy atom. The molecule has 1 saturated heterocycles. The van der Waals surface area contributed by atoms with Crippen molar-refractivity contribution in [1.29, 1.82) is 0 Å². The van der Waals surface area contributed by atoms with Gasteiger partial charge in [0.2, 0.25) is 5.91 Å². The molecule has 4 rings (SSSR count). The molecular weight excluding hydrogens is 373 g/mol. The normalized spacial score (nSPS) is 19.7. The van der Waals surface area contributed by atoms with Crippen LogP contribution < -0.4 is 5.69 Å². The number of benzene rings is 1. The molecule has 1 amide bonds. The van der Waals surface area contributed by atoms with Gasteiger partial charge in [-0.05, 0) is 43.4 Å². The number of halogens is 3. The van der Waals surface area contributed by atoms with Crippen LogP contribution >= 0.6 is 0 Å². The van der Waals surface area contributed by atoms with E-state index in [1.165, 1.54) is 21.4 Å². The summed E-state index contributed by atoms with van der Waals surface area (Å²) < 4.78 is 41.4. The molecule has 0 radical (unpaired) electrons. The molecule has 1 atom stereocenters. The van der Waals surface area contributed by atoms with Crippen LogP contribution in [0.15, 0.2) is 29.1 Å². The van der Waals surface area contributed by atoms with E-state index >= 15 is 0 Å². The molecule has 0 spiro atoms. The summed E-state index contributed by atoms with van der Waals surface area (Å²) >= 11 is 0. The van der Waals surface area contributed by atoms with Crippen LogP contribution in [0, 0.1) is 0 Å². The van der Waals surface area contributed by atoms with E-state index in [1.807, 2.05) is 0 Å². The number of fused-ring (bicyclic) bond motifs is 1. The Hall–Kier alpha value is -2.58. The lowest BCUT2D eigenvalue weighted by Crippen LogP contribution is -2.41. The largest absolute Gasteiger partial charge is 0.416 e. The predicted molar refractivity (Wildman–Crippen MR) is 94.8 cm³/mol. The predicted octanol–water partition coefficient (Wildman–Crippen LogP) is 2.61. The quantitative estimate of drug-likeness (QED) is 0.804. The number of rotatable bonds is 3. The fourth-order valence-corrected chi connectivity index (χ4v) is 4.04. The summed E-state index contributed by atoms with van der Waals surface area (Å²) in [6, 6.07) is 4.31. The summed E-state index contributed by atoms with van der Waals surface area (Å²) in [6.45, 7) is 1.35. The maximum atomic E-state index is 12.9. The van der Waals surface area contributed by atoms with Crippen LogP contribution in [0.2, 0.25) is 0 Å². The topological polar surface area (TPSA) is 60.1 Å². The minimum atomic E-state index is -4.44. The lowest BCUT2D eigenvalue weighted by atomic mass is 10.0. The molecule has 1 fully saturated rings. The Bertz CT molecular complexity index is 941.